The van der Waals surface area contributed by atoms with Gasteiger partial charge in [-0.15, -0.1) is 0 Å². The van der Waals surface area contributed by atoms with E-state index >= 15 is 0 Å². The van der Waals surface area contributed by atoms with E-state index in [4.69, 9.17) is 0 Å². The first-order valence-electron chi connectivity index (χ1n) is 9.62. The molecule has 28 heavy (non-hydrogen) atoms. The van der Waals surface area contributed by atoms with Crippen LogP contribution in [0.3, 0.4) is 0 Å². The molecule has 2 aromatic rings. The first-order chi connectivity index (χ1) is 13.4. The number of carbonyl (C=O) groups excluding carboxylic acids is 1. The van der Waals surface area contributed by atoms with E-state index in [-0.39, 0.29) is 5.91 Å². The van der Waals surface area contributed by atoms with Crippen LogP contribution in [0, 0.1) is 0 Å². The lowest BCUT2D eigenvalue weighted by atomic mass is 9.92. The summed E-state index contributed by atoms with van der Waals surface area (Å²) >= 11 is 3.38. The molecular formula is C21H23BrN2O3S. The number of rotatable bonds is 3. The van der Waals surface area contributed by atoms with Crippen molar-refractivity contribution in [3.63, 3.8) is 0 Å². The zero-order valence-corrected chi connectivity index (χ0v) is 18.0. The Morgan fingerprint density at radius 1 is 0.893 bits per heavy atom. The third-order valence-electron chi connectivity index (χ3n) is 5.56. The molecule has 1 amide bonds. The molecule has 1 saturated heterocycles. The molecular weight excluding hydrogens is 440 g/mol. The van der Waals surface area contributed by atoms with Crippen LogP contribution in [0.15, 0.2) is 51.8 Å². The number of piperazine rings is 1. The fraction of sp³-hybridized carbons (Fsp3) is 0.381. The molecule has 148 valence electrons. The van der Waals surface area contributed by atoms with Gasteiger partial charge in [0.2, 0.25) is 10.0 Å². The number of sulfonamides is 1. The molecule has 1 aliphatic carbocycles. The number of hydrogen-bond acceptors (Lipinski definition) is 3. The molecule has 2 aromatic carbocycles. The van der Waals surface area contributed by atoms with Crippen molar-refractivity contribution >= 4 is 31.9 Å². The maximum atomic E-state index is 13.1. The number of fused-ring (bicyclic) bond motifs is 1. The maximum absolute atomic E-state index is 13.1. The van der Waals surface area contributed by atoms with E-state index in [1.165, 1.54) is 16.3 Å². The van der Waals surface area contributed by atoms with Gasteiger partial charge in [-0.25, -0.2) is 8.42 Å². The molecule has 2 aliphatic rings. The van der Waals surface area contributed by atoms with Gasteiger partial charge in [-0.1, -0.05) is 28.1 Å². The van der Waals surface area contributed by atoms with Crippen LogP contribution in [0.4, 0.5) is 0 Å². The van der Waals surface area contributed by atoms with Crippen LogP contribution in [0.25, 0.3) is 0 Å². The van der Waals surface area contributed by atoms with Crippen LogP contribution in [0.1, 0.15) is 34.3 Å². The number of aryl methyl sites for hydroxylation is 2. The van der Waals surface area contributed by atoms with Gasteiger partial charge in [0.25, 0.3) is 5.91 Å². The average molecular weight is 463 g/mol. The number of nitrogens with zero attached hydrogens (tertiary/aromatic N) is 2. The largest absolute Gasteiger partial charge is 0.336 e. The van der Waals surface area contributed by atoms with Crippen LogP contribution >= 0.6 is 15.9 Å². The second kappa shape index (κ2) is 7.97. The Bertz CT molecular complexity index is 998. The maximum Gasteiger partial charge on any atom is 0.253 e. The Hall–Kier alpha value is -1.70. The van der Waals surface area contributed by atoms with Gasteiger partial charge in [0.1, 0.15) is 0 Å². The van der Waals surface area contributed by atoms with Crippen molar-refractivity contribution in [2.45, 2.75) is 30.6 Å². The summed E-state index contributed by atoms with van der Waals surface area (Å²) in [4.78, 5) is 14.8. The Morgan fingerprint density at radius 2 is 1.61 bits per heavy atom. The van der Waals surface area contributed by atoms with Gasteiger partial charge in [-0.05, 0) is 67.1 Å². The topological polar surface area (TPSA) is 57.7 Å². The van der Waals surface area contributed by atoms with Crippen LogP contribution in [-0.4, -0.2) is 49.7 Å². The monoisotopic (exact) mass is 462 g/mol. The molecule has 0 bridgehead atoms. The highest BCUT2D eigenvalue weighted by atomic mass is 79.9. The minimum atomic E-state index is -3.53. The van der Waals surface area contributed by atoms with Crippen LogP contribution in [0.5, 0.6) is 0 Å². The minimum absolute atomic E-state index is 0.0628. The average Bonchev–Trinajstić information content (AvgIpc) is 2.73. The Kier molecular flexibility index (Phi) is 5.58. The molecule has 0 N–H and O–H groups in total. The minimum Gasteiger partial charge on any atom is -0.336 e. The Morgan fingerprint density at radius 3 is 2.32 bits per heavy atom. The van der Waals surface area contributed by atoms with E-state index < -0.39 is 10.0 Å². The van der Waals surface area contributed by atoms with Crippen LogP contribution < -0.4 is 0 Å². The summed E-state index contributed by atoms with van der Waals surface area (Å²) in [6.07, 6.45) is 4.28. The highest BCUT2D eigenvalue weighted by Crippen LogP contribution is 2.26. The standard InChI is InChI=1S/C21H23BrN2O3S/c22-19-7-3-6-18(14-19)21(25)23-10-12-24(13-11-23)28(26,27)20-9-8-16-4-1-2-5-17(16)15-20/h3,6-9,14-15H,1-2,4-5,10-13H2. The zero-order chi connectivity index (χ0) is 19.7. The van der Waals surface area contributed by atoms with E-state index in [0.717, 1.165) is 29.3 Å². The van der Waals surface area contributed by atoms with Crippen LogP contribution in [-0.2, 0) is 22.9 Å². The SMILES string of the molecule is O=C(c1cccc(Br)c1)N1CCN(S(=O)(=O)c2ccc3c(c2)CCCC3)CC1. The summed E-state index contributed by atoms with van der Waals surface area (Å²) in [5, 5.41) is 0. The molecule has 7 heteroatoms. The predicted octanol–water partition coefficient (Wildman–Crippen LogP) is 3.47. The molecule has 4 rings (SSSR count). The quantitative estimate of drug-likeness (QED) is 0.701. The molecule has 0 atom stereocenters. The summed E-state index contributed by atoms with van der Waals surface area (Å²) in [7, 11) is -3.53. The molecule has 0 spiro atoms. The summed E-state index contributed by atoms with van der Waals surface area (Å²) in [5.41, 5.74) is 3.05. The third-order valence-corrected chi connectivity index (χ3v) is 7.94. The van der Waals surface area contributed by atoms with Crippen molar-refractivity contribution in [3.05, 3.63) is 63.6 Å². The van der Waals surface area contributed by atoms with Gasteiger partial charge < -0.3 is 4.90 Å². The van der Waals surface area contributed by atoms with Gasteiger partial charge in [-0.2, -0.15) is 4.31 Å². The molecule has 0 saturated carbocycles. The van der Waals surface area contributed by atoms with Crippen molar-refractivity contribution < 1.29 is 13.2 Å². The van der Waals surface area contributed by atoms with Crippen molar-refractivity contribution in [3.8, 4) is 0 Å². The molecule has 1 aliphatic heterocycles. The first-order valence-corrected chi connectivity index (χ1v) is 11.9. The van der Waals surface area contributed by atoms with E-state index in [1.807, 2.05) is 24.3 Å². The van der Waals surface area contributed by atoms with E-state index in [0.29, 0.717) is 36.6 Å². The summed E-state index contributed by atoms with van der Waals surface area (Å²) in [5.74, 6) is -0.0628. The lowest BCUT2D eigenvalue weighted by molar-refractivity contribution is 0.0698. The van der Waals surface area contributed by atoms with Gasteiger partial charge >= 0.3 is 0 Å². The third kappa shape index (κ3) is 3.88. The van der Waals surface area contributed by atoms with Gasteiger partial charge in [0, 0.05) is 36.2 Å². The van der Waals surface area contributed by atoms with E-state index in [2.05, 4.69) is 15.9 Å². The predicted molar refractivity (Wildman–Crippen MR) is 112 cm³/mol. The zero-order valence-electron chi connectivity index (χ0n) is 15.6. The van der Waals surface area contributed by atoms with Crippen molar-refractivity contribution in [2.75, 3.05) is 26.2 Å². The molecule has 0 aromatic heterocycles. The number of benzene rings is 2. The molecule has 0 radical (unpaired) electrons. The normalized spacial score (nSPS) is 18.0. The number of halogens is 1. The molecule has 5 nitrogen and oxygen atoms in total. The second-order valence-corrected chi connectivity index (χ2v) is 10.2. The number of amides is 1. The van der Waals surface area contributed by atoms with Gasteiger partial charge in [0.05, 0.1) is 4.90 Å². The smallest absolute Gasteiger partial charge is 0.253 e. The first kappa shape index (κ1) is 19.6. The van der Waals surface area contributed by atoms with Crippen molar-refractivity contribution in [1.29, 1.82) is 0 Å². The van der Waals surface area contributed by atoms with Gasteiger partial charge in [0.15, 0.2) is 0 Å². The summed E-state index contributed by atoms with van der Waals surface area (Å²) < 4.78 is 28.5. The van der Waals surface area contributed by atoms with Crippen molar-refractivity contribution in [2.24, 2.45) is 0 Å². The van der Waals surface area contributed by atoms with E-state index in [9.17, 15) is 13.2 Å². The van der Waals surface area contributed by atoms with Crippen molar-refractivity contribution in [1.82, 2.24) is 9.21 Å². The Labute approximate surface area is 174 Å². The van der Waals surface area contributed by atoms with Gasteiger partial charge in [-0.3, -0.25) is 4.79 Å². The van der Waals surface area contributed by atoms with Crippen LogP contribution in [0.2, 0.25) is 0 Å². The summed E-state index contributed by atoms with van der Waals surface area (Å²) in [6.45, 7) is 1.43. The number of carbonyl (C=O) groups is 1. The highest BCUT2D eigenvalue weighted by Gasteiger charge is 2.31. The second-order valence-electron chi connectivity index (χ2n) is 7.34. The fourth-order valence-electron chi connectivity index (χ4n) is 3.95. The Balaban J connectivity index is 1.46. The molecule has 0 unspecified atom stereocenters. The molecule has 1 heterocycles. The summed E-state index contributed by atoms with van der Waals surface area (Å²) in [6, 6.07) is 12.8. The lowest BCUT2D eigenvalue weighted by Crippen LogP contribution is -2.50. The fourth-order valence-corrected chi connectivity index (χ4v) is 5.83. The molecule has 1 fully saturated rings. The lowest BCUT2D eigenvalue weighted by Gasteiger charge is -2.34. The van der Waals surface area contributed by atoms with E-state index in [1.54, 1.807) is 23.1 Å². The number of hydrogen-bond donors (Lipinski definition) is 0. The highest BCUT2D eigenvalue weighted by molar-refractivity contribution is 9.10.